The van der Waals surface area contributed by atoms with Gasteiger partial charge in [0.15, 0.2) is 5.78 Å². The summed E-state index contributed by atoms with van der Waals surface area (Å²) in [7, 11) is 0. The van der Waals surface area contributed by atoms with Crippen LogP contribution in [0.4, 0.5) is 0 Å². The predicted molar refractivity (Wildman–Crippen MR) is 97.8 cm³/mol. The van der Waals surface area contributed by atoms with E-state index in [-0.39, 0.29) is 35.2 Å². The number of aliphatic hydroxyl groups excluding tert-OH is 2. The van der Waals surface area contributed by atoms with Gasteiger partial charge in [-0.3, -0.25) is 4.79 Å². The maximum absolute atomic E-state index is 12.5. The molecule has 2 saturated carbocycles. The first kappa shape index (κ1) is 17.5. The van der Waals surface area contributed by atoms with Crippen molar-refractivity contribution in [1.29, 1.82) is 0 Å². The summed E-state index contributed by atoms with van der Waals surface area (Å²) in [5.41, 5.74) is 3.14. The zero-order valence-corrected chi connectivity index (χ0v) is 15.8. The van der Waals surface area contributed by atoms with Crippen LogP contribution in [0, 0.1) is 34.5 Å². The molecule has 25 heavy (non-hydrogen) atoms. The van der Waals surface area contributed by atoms with Gasteiger partial charge in [0.1, 0.15) is 6.61 Å². The lowest BCUT2D eigenvalue weighted by atomic mass is 9.51. The smallest absolute Gasteiger partial charge is 0.162 e. The van der Waals surface area contributed by atoms with E-state index in [1.807, 2.05) is 0 Å². The molecule has 0 spiro atoms. The minimum Gasteiger partial charge on any atom is -0.389 e. The van der Waals surface area contributed by atoms with Gasteiger partial charge in [-0.15, -0.1) is 0 Å². The summed E-state index contributed by atoms with van der Waals surface area (Å²) in [5, 5.41) is 19.5. The molecule has 4 rings (SSSR count). The Morgan fingerprint density at radius 1 is 1.32 bits per heavy atom. The van der Waals surface area contributed by atoms with Gasteiger partial charge in [0.05, 0.1) is 6.10 Å². The van der Waals surface area contributed by atoms with Crippen LogP contribution in [0.15, 0.2) is 23.3 Å². The molecule has 0 amide bonds. The average Bonchev–Trinajstić information content (AvgIpc) is 2.85. The molecule has 0 saturated heterocycles. The molecule has 3 heteroatoms. The number of carbonyl (C=O) groups excluding carboxylic acids is 1. The van der Waals surface area contributed by atoms with Gasteiger partial charge < -0.3 is 10.2 Å². The summed E-state index contributed by atoms with van der Waals surface area (Å²) in [6.07, 6.45) is 10.5. The van der Waals surface area contributed by atoms with Gasteiger partial charge in [-0.05, 0) is 61.7 Å². The number of hydrogen-bond donors (Lipinski definition) is 2. The number of ketones is 1. The summed E-state index contributed by atoms with van der Waals surface area (Å²) < 4.78 is 0. The molecule has 0 heterocycles. The molecule has 0 aromatic carbocycles. The zero-order valence-electron chi connectivity index (χ0n) is 15.8. The van der Waals surface area contributed by atoms with Crippen molar-refractivity contribution in [1.82, 2.24) is 0 Å². The highest BCUT2D eigenvalue weighted by Crippen LogP contribution is 2.65. The van der Waals surface area contributed by atoms with E-state index in [4.69, 9.17) is 0 Å². The van der Waals surface area contributed by atoms with Crippen molar-refractivity contribution >= 4 is 5.78 Å². The molecule has 2 fully saturated rings. The first-order chi connectivity index (χ1) is 11.8. The van der Waals surface area contributed by atoms with Crippen LogP contribution in [0.2, 0.25) is 0 Å². The third-order valence-electron chi connectivity index (χ3n) is 8.31. The lowest BCUT2D eigenvalue weighted by Crippen LogP contribution is -2.46. The molecule has 7 atom stereocenters. The number of allylic oxidation sites excluding steroid dienone is 3. The van der Waals surface area contributed by atoms with E-state index >= 15 is 0 Å². The molecule has 4 aliphatic rings. The fraction of sp³-hybridized carbons (Fsp3) is 0.773. The molecule has 2 N–H and O–H groups in total. The van der Waals surface area contributed by atoms with Crippen molar-refractivity contribution in [3.63, 3.8) is 0 Å². The van der Waals surface area contributed by atoms with Crippen LogP contribution in [0.3, 0.4) is 0 Å². The highest BCUT2D eigenvalue weighted by atomic mass is 16.3. The number of rotatable bonds is 2. The number of Topliss-reactive ketones (excluding diaryl/α,β-unsaturated/α-hetero) is 1. The Hall–Kier alpha value is -0.930. The Morgan fingerprint density at radius 2 is 2.08 bits per heavy atom. The molecule has 138 valence electrons. The second-order valence-corrected chi connectivity index (χ2v) is 9.57. The van der Waals surface area contributed by atoms with Crippen LogP contribution in [0.1, 0.15) is 59.3 Å². The van der Waals surface area contributed by atoms with Gasteiger partial charge >= 0.3 is 0 Å². The molecule has 0 aromatic heterocycles. The lowest BCUT2D eigenvalue weighted by Gasteiger charge is -2.53. The van der Waals surface area contributed by atoms with Crippen LogP contribution in [-0.4, -0.2) is 28.7 Å². The Balaban J connectivity index is 1.73. The van der Waals surface area contributed by atoms with E-state index in [0.717, 1.165) is 38.5 Å². The summed E-state index contributed by atoms with van der Waals surface area (Å²) >= 11 is 0. The standard InChI is InChI=1S/C22H32O3/c1-13-10-18-16-5-4-14-11-15(24)6-8-21(14,2)17(16)7-9-22(18,3)20(13)19(25)12-23/h7,11,13,15-16,18,20,23-24H,4-6,8-10,12H2,1-3H3/t13-,15?,16?,18?,20+,21-,22-/m0/s1. The second-order valence-electron chi connectivity index (χ2n) is 9.57. The van der Waals surface area contributed by atoms with Crippen LogP contribution in [0.5, 0.6) is 0 Å². The first-order valence-electron chi connectivity index (χ1n) is 10.0. The van der Waals surface area contributed by atoms with Crippen LogP contribution >= 0.6 is 0 Å². The van der Waals surface area contributed by atoms with Gasteiger partial charge in [0.25, 0.3) is 0 Å². The lowest BCUT2D eigenvalue weighted by molar-refractivity contribution is -0.131. The quantitative estimate of drug-likeness (QED) is 0.752. The zero-order chi connectivity index (χ0) is 18.0. The summed E-state index contributed by atoms with van der Waals surface area (Å²) in [4.78, 5) is 12.5. The monoisotopic (exact) mass is 344 g/mol. The Kier molecular flexibility index (Phi) is 4.05. The van der Waals surface area contributed by atoms with E-state index in [2.05, 4.69) is 32.9 Å². The highest BCUT2D eigenvalue weighted by Gasteiger charge is 2.59. The normalized spacial score (nSPS) is 48.8. The van der Waals surface area contributed by atoms with Crippen molar-refractivity contribution in [2.24, 2.45) is 34.5 Å². The van der Waals surface area contributed by atoms with Crippen LogP contribution in [0.25, 0.3) is 0 Å². The maximum Gasteiger partial charge on any atom is 0.162 e. The molecular weight excluding hydrogens is 312 g/mol. The van der Waals surface area contributed by atoms with Crippen molar-refractivity contribution in [3.05, 3.63) is 23.3 Å². The molecule has 0 aliphatic heterocycles. The van der Waals surface area contributed by atoms with Crippen LogP contribution < -0.4 is 0 Å². The van der Waals surface area contributed by atoms with Gasteiger partial charge in [-0.1, -0.05) is 44.1 Å². The predicted octanol–water partition coefficient (Wildman–Crippen LogP) is 3.65. The fourth-order valence-electron chi connectivity index (χ4n) is 7.16. The fourth-order valence-corrected chi connectivity index (χ4v) is 7.16. The summed E-state index contributed by atoms with van der Waals surface area (Å²) in [6.45, 7) is 6.56. The third-order valence-corrected chi connectivity index (χ3v) is 8.31. The second kappa shape index (κ2) is 5.79. The number of hydrogen-bond acceptors (Lipinski definition) is 3. The van der Waals surface area contributed by atoms with Crippen molar-refractivity contribution in [2.75, 3.05) is 6.61 Å². The molecule has 0 radical (unpaired) electrons. The summed E-state index contributed by atoms with van der Waals surface area (Å²) in [6, 6.07) is 0. The van der Waals surface area contributed by atoms with Crippen molar-refractivity contribution < 1.29 is 15.0 Å². The Labute approximate surface area is 151 Å². The SMILES string of the molecule is C[C@H]1CC2C3CCC4=CC(O)CC[C@]4(C)C3=CC[C@]2(C)[C@H]1C(=O)CO. The largest absolute Gasteiger partial charge is 0.389 e. The van der Waals surface area contributed by atoms with Gasteiger partial charge in [-0.2, -0.15) is 0 Å². The minimum atomic E-state index is -0.318. The molecule has 3 nitrogen and oxygen atoms in total. The van der Waals surface area contributed by atoms with E-state index < -0.39 is 0 Å². The van der Waals surface area contributed by atoms with E-state index in [1.165, 1.54) is 5.57 Å². The van der Waals surface area contributed by atoms with Gasteiger partial charge in [-0.25, -0.2) is 0 Å². The van der Waals surface area contributed by atoms with Gasteiger partial charge in [0.2, 0.25) is 0 Å². The Bertz CT molecular complexity index is 648. The summed E-state index contributed by atoms with van der Waals surface area (Å²) in [5.74, 6) is 1.51. The number of fused-ring (bicyclic) bond motifs is 5. The van der Waals surface area contributed by atoms with E-state index in [1.54, 1.807) is 5.57 Å². The molecule has 0 bridgehead atoms. The average molecular weight is 344 g/mol. The van der Waals surface area contributed by atoms with E-state index in [0.29, 0.717) is 17.8 Å². The maximum atomic E-state index is 12.5. The van der Waals surface area contributed by atoms with Crippen molar-refractivity contribution in [3.8, 4) is 0 Å². The topological polar surface area (TPSA) is 57.5 Å². The number of aliphatic hydroxyl groups is 2. The van der Waals surface area contributed by atoms with Crippen LogP contribution in [-0.2, 0) is 4.79 Å². The third kappa shape index (κ3) is 2.35. The number of carbonyl (C=O) groups is 1. The van der Waals surface area contributed by atoms with E-state index in [9.17, 15) is 15.0 Å². The molecule has 0 aromatic rings. The first-order valence-corrected chi connectivity index (χ1v) is 10.0. The molecule has 3 unspecified atom stereocenters. The minimum absolute atomic E-state index is 0.000838. The van der Waals surface area contributed by atoms with Gasteiger partial charge in [0, 0.05) is 11.3 Å². The molecule has 4 aliphatic carbocycles. The van der Waals surface area contributed by atoms with Crippen molar-refractivity contribution in [2.45, 2.75) is 65.4 Å². The Morgan fingerprint density at radius 3 is 2.80 bits per heavy atom. The highest BCUT2D eigenvalue weighted by molar-refractivity contribution is 5.83. The molecular formula is C22H32O3.